The van der Waals surface area contributed by atoms with Gasteiger partial charge in [0.1, 0.15) is 0 Å². The quantitative estimate of drug-likeness (QED) is 0.658. The van der Waals surface area contributed by atoms with E-state index in [2.05, 4.69) is 0 Å². The fourth-order valence-corrected chi connectivity index (χ4v) is 1.52. The van der Waals surface area contributed by atoms with Gasteiger partial charge in [0.2, 0.25) is 0 Å². The second kappa shape index (κ2) is 3.72. The second-order valence-corrected chi connectivity index (χ2v) is 2.90. The first-order valence-electron chi connectivity index (χ1n) is 4.10. The lowest BCUT2D eigenvalue weighted by atomic mass is 9.93. The lowest BCUT2D eigenvalue weighted by Crippen LogP contribution is -2.34. The molecule has 1 fully saturated rings. The average molecular weight is 158 g/mol. The molecule has 0 aromatic heterocycles. The molecule has 1 rings (SSSR count). The number of carboxylic acids is 1. The second-order valence-electron chi connectivity index (χ2n) is 2.90. The minimum atomic E-state index is -0.712. The number of rotatable bonds is 2. The Hall–Kier alpha value is -0.570. The molecule has 0 aliphatic carbocycles. The fraction of sp³-hybridized carbons (Fsp3) is 0.875. The van der Waals surface area contributed by atoms with E-state index in [1.165, 1.54) is 0 Å². The molecule has 1 aliphatic heterocycles. The molecule has 0 bridgehead atoms. The normalized spacial score (nSPS) is 31.7. The van der Waals surface area contributed by atoms with Crippen LogP contribution in [-0.4, -0.2) is 23.8 Å². The SMILES string of the molecule is CC[C@@H]1OCCC[C@@H]1C(=O)O. The summed E-state index contributed by atoms with van der Waals surface area (Å²) in [5, 5.41) is 8.76. The summed E-state index contributed by atoms with van der Waals surface area (Å²) in [6, 6.07) is 0. The van der Waals surface area contributed by atoms with Gasteiger partial charge in [0.25, 0.3) is 0 Å². The molecular weight excluding hydrogens is 144 g/mol. The maximum absolute atomic E-state index is 10.6. The number of aliphatic carboxylic acids is 1. The lowest BCUT2D eigenvalue weighted by molar-refractivity contribution is -0.151. The monoisotopic (exact) mass is 158 g/mol. The van der Waals surface area contributed by atoms with Crippen LogP contribution >= 0.6 is 0 Å². The number of ether oxygens (including phenoxy) is 1. The van der Waals surface area contributed by atoms with Gasteiger partial charge in [-0.15, -0.1) is 0 Å². The van der Waals surface area contributed by atoms with Crippen molar-refractivity contribution < 1.29 is 14.6 Å². The highest BCUT2D eigenvalue weighted by molar-refractivity contribution is 5.70. The first-order chi connectivity index (χ1) is 5.25. The van der Waals surface area contributed by atoms with Crippen LogP contribution in [0.1, 0.15) is 26.2 Å². The van der Waals surface area contributed by atoms with E-state index in [1.807, 2.05) is 6.92 Å². The molecule has 64 valence electrons. The molecule has 0 unspecified atom stereocenters. The summed E-state index contributed by atoms with van der Waals surface area (Å²) in [5.74, 6) is -0.981. The summed E-state index contributed by atoms with van der Waals surface area (Å²) < 4.78 is 5.32. The van der Waals surface area contributed by atoms with Crippen molar-refractivity contribution in [3.05, 3.63) is 0 Å². The van der Waals surface area contributed by atoms with Gasteiger partial charge in [-0.3, -0.25) is 4.79 Å². The Morgan fingerprint density at radius 3 is 2.91 bits per heavy atom. The van der Waals surface area contributed by atoms with Gasteiger partial charge >= 0.3 is 5.97 Å². The first kappa shape index (κ1) is 8.53. The van der Waals surface area contributed by atoms with Gasteiger partial charge in [0, 0.05) is 6.61 Å². The van der Waals surface area contributed by atoms with Crippen molar-refractivity contribution in [1.29, 1.82) is 0 Å². The van der Waals surface area contributed by atoms with Crippen LogP contribution in [0, 0.1) is 5.92 Å². The van der Waals surface area contributed by atoms with Crippen molar-refractivity contribution in [2.45, 2.75) is 32.3 Å². The molecule has 1 N–H and O–H groups in total. The van der Waals surface area contributed by atoms with Gasteiger partial charge in [-0.05, 0) is 19.3 Å². The summed E-state index contributed by atoms with van der Waals surface area (Å²) in [4.78, 5) is 10.6. The maximum Gasteiger partial charge on any atom is 0.309 e. The Labute approximate surface area is 66.4 Å². The van der Waals surface area contributed by atoms with Crippen LogP contribution in [0.4, 0.5) is 0 Å². The molecule has 0 amide bonds. The van der Waals surface area contributed by atoms with Crippen LogP contribution in [0.25, 0.3) is 0 Å². The van der Waals surface area contributed by atoms with E-state index in [4.69, 9.17) is 9.84 Å². The zero-order chi connectivity index (χ0) is 8.27. The molecule has 0 aromatic carbocycles. The largest absolute Gasteiger partial charge is 0.481 e. The van der Waals surface area contributed by atoms with Crippen LogP contribution < -0.4 is 0 Å². The molecule has 1 aliphatic rings. The van der Waals surface area contributed by atoms with Gasteiger partial charge in [-0.2, -0.15) is 0 Å². The first-order valence-corrected chi connectivity index (χ1v) is 4.10. The zero-order valence-electron chi connectivity index (χ0n) is 6.75. The van der Waals surface area contributed by atoms with Crippen LogP contribution in [-0.2, 0) is 9.53 Å². The summed E-state index contributed by atoms with van der Waals surface area (Å²) in [7, 11) is 0. The van der Waals surface area contributed by atoms with Gasteiger partial charge in [0.05, 0.1) is 12.0 Å². The van der Waals surface area contributed by atoms with Gasteiger partial charge in [-0.1, -0.05) is 6.92 Å². The summed E-state index contributed by atoms with van der Waals surface area (Å²) >= 11 is 0. The summed E-state index contributed by atoms with van der Waals surface area (Å²) in [6.45, 7) is 2.69. The number of hydrogen-bond donors (Lipinski definition) is 1. The Morgan fingerprint density at radius 1 is 1.73 bits per heavy atom. The smallest absolute Gasteiger partial charge is 0.309 e. The van der Waals surface area contributed by atoms with Crippen LogP contribution in [0.5, 0.6) is 0 Å². The Morgan fingerprint density at radius 2 is 2.45 bits per heavy atom. The highest BCUT2D eigenvalue weighted by atomic mass is 16.5. The van der Waals surface area contributed by atoms with Crippen LogP contribution in [0.2, 0.25) is 0 Å². The van der Waals surface area contributed by atoms with E-state index in [-0.39, 0.29) is 12.0 Å². The molecule has 0 radical (unpaired) electrons. The lowest BCUT2D eigenvalue weighted by Gasteiger charge is -2.27. The maximum atomic E-state index is 10.6. The zero-order valence-corrected chi connectivity index (χ0v) is 6.75. The van der Waals surface area contributed by atoms with Gasteiger partial charge in [0.15, 0.2) is 0 Å². The van der Waals surface area contributed by atoms with Crippen LogP contribution in [0.15, 0.2) is 0 Å². The molecular formula is C8H14O3. The molecule has 1 heterocycles. The summed E-state index contributed by atoms with van der Waals surface area (Å²) in [6.07, 6.45) is 2.40. The van der Waals surface area contributed by atoms with E-state index in [0.717, 1.165) is 25.9 Å². The summed E-state index contributed by atoms with van der Waals surface area (Å²) in [5.41, 5.74) is 0. The van der Waals surface area contributed by atoms with E-state index < -0.39 is 5.97 Å². The number of carbonyl (C=O) groups is 1. The minimum Gasteiger partial charge on any atom is -0.481 e. The molecule has 3 heteroatoms. The average Bonchev–Trinajstić information content (AvgIpc) is 2.04. The molecule has 0 spiro atoms. The fourth-order valence-electron chi connectivity index (χ4n) is 1.52. The van der Waals surface area contributed by atoms with Gasteiger partial charge < -0.3 is 9.84 Å². The van der Waals surface area contributed by atoms with E-state index >= 15 is 0 Å². The third kappa shape index (κ3) is 1.93. The third-order valence-corrected chi connectivity index (χ3v) is 2.16. The predicted octanol–water partition coefficient (Wildman–Crippen LogP) is 1.28. The molecule has 1 saturated heterocycles. The van der Waals surface area contributed by atoms with Crippen molar-refractivity contribution in [3.63, 3.8) is 0 Å². The molecule has 0 saturated carbocycles. The van der Waals surface area contributed by atoms with Crippen molar-refractivity contribution in [2.24, 2.45) is 5.92 Å². The number of carboxylic acid groups (broad SMARTS) is 1. The Bertz CT molecular complexity index is 144. The highest BCUT2D eigenvalue weighted by Gasteiger charge is 2.29. The van der Waals surface area contributed by atoms with Gasteiger partial charge in [-0.25, -0.2) is 0 Å². The number of hydrogen-bond acceptors (Lipinski definition) is 2. The van der Waals surface area contributed by atoms with Crippen molar-refractivity contribution >= 4 is 5.97 Å². The molecule has 2 atom stereocenters. The van der Waals surface area contributed by atoms with E-state index in [9.17, 15) is 4.79 Å². The van der Waals surface area contributed by atoms with Crippen molar-refractivity contribution in [1.82, 2.24) is 0 Å². The topological polar surface area (TPSA) is 46.5 Å². The predicted molar refractivity (Wildman–Crippen MR) is 40.4 cm³/mol. The van der Waals surface area contributed by atoms with Crippen molar-refractivity contribution in [3.8, 4) is 0 Å². The van der Waals surface area contributed by atoms with E-state index in [0.29, 0.717) is 0 Å². The highest BCUT2D eigenvalue weighted by Crippen LogP contribution is 2.22. The third-order valence-electron chi connectivity index (χ3n) is 2.16. The Kier molecular flexibility index (Phi) is 2.88. The van der Waals surface area contributed by atoms with Crippen LogP contribution in [0.3, 0.4) is 0 Å². The van der Waals surface area contributed by atoms with E-state index in [1.54, 1.807) is 0 Å². The van der Waals surface area contributed by atoms with Crippen molar-refractivity contribution in [2.75, 3.05) is 6.61 Å². The minimum absolute atomic E-state index is 0.0544. The Balaban J connectivity index is 2.51. The standard InChI is InChI=1S/C8H14O3/c1-2-7-6(8(9)10)4-3-5-11-7/h6-7H,2-5H2,1H3,(H,9,10)/t6-,7-/m0/s1. The molecule has 11 heavy (non-hydrogen) atoms. The molecule has 3 nitrogen and oxygen atoms in total. The molecule has 0 aromatic rings.